The van der Waals surface area contributed by atoms with E-state index in [-0.39, 0.29) is 18.6 Å². The molecular formula is C14H24N4O2. The molecule has 0 bridgehead atoms. The van der Waals surface area contributed by atoms with Crippen molar-refractivity contribution in [2.24, 2.45) is 0 Å². The van der Waals surface area contributed by atoms with E-state index >= 15 is 0 Å². The number of likely N-dealkylation sites (N-methyl/N-ethyl adjacent to an activating group) is 1. The zero-order valence-electron chi connectivity index (χ0n) is 12.4. The third kappa shape index (κ3) is 2.86. The first-order chi connectivity index (χ1) is 9.49. The lowest BCUT2D eigenvalue weighted by atomic mass is 9.92. The molecule has 112 valence electrons. The summed E-state index contributed by atoms with van der Waals surface area (Å²) in [6.07, 6.45) is 4.73. The molecule has 0 fully saturated rings. The zero-order chi connectivity index (χ0) is 14.8. The zero-order valence-corrected chi connectivity index (χ0v) is 12.4. The van der Waals surface area contributed by atoms with E-state index in [1.807, 2.05) is 24.7 Å². The summed E-state index contributed by atoms with van der Waals surface area (Å²) in [4.78, 5) is 12.3. The standard InChI is InChI=1S/C14H24N4O2/c1-14(2,15-3)13(20)17-11-5-4-6-12-10(11)9-16-18(12)7-8-19/h9,11,15,19H,4-8H2,1-3H3,(H,17,20). The maximum absolute atomic E-state index is 12.3. The number of hydrogen-bond donors (Lipinski definition) is 3. The van der Waals surface area contributed by atoms with Crippen LogP contribution in [0.2, 0.25) is 0 Å². The van der Waals surface area contributed by atoms with Gasteiger partial charge < -0.3 is 15.7 Å². The molecule has 3 N–H and O–H groups in total. The molecule has 0 saturated heterocycles. The van der Waals surface area contributed by atoms with Crippen LogP contribution in [0, 0.1) is 0 Å². The molecule has 6 nitrogen and oxygen atoms in total. The first-order valence-corrected chi connectivity index (χ1v) is 7.15. The molecule has 1 amide bonds. The molecule has 0 saturated carbocycles. The van der Waals surface area contributed by atoms with Gasteiger partial charge in [-0.05, 0) is 40.2 Å². The number of aliphatic hydroxyl groups is 1. The average Bonchev–Trinajstić information content (AvgIpc) is 2.84. The molecule has 20 heavy (non-hydrogen) atoms. The highest BCUT2D eigenvalue weighted by Crippen LogP contribution is 2.29. The number of amides is 1. The third-order valence-corrected chi connectivity index (χ3v) is 4.07. The number of nitrogens with zero attached hydrogens (tertiary/aromatic N) is 2. The Morgan fingerprint density at radius 1 is 1.60 bits per heavy atom. The minimum atomic E-state index is -0.585. The van der Waals surface area contributed by atoms with Gasteiger partial charge in [0, 0.05) is 11.3 Å². The Morgan fingerprint density at radius 2 is 2.35 bits per heavy atom. The van der Waals surface area contributed by atoms with E-state index in [0.29, 0.717) is 6.54 Å². The van der Waals surface area contributed by atoms with Gasteiger partial charge in [-0.1, -0.05) is 0 Å². The quantitative estimate of drug-likeness (QED) is 0.728. The van der Waals surface area contributed by atoms with Crippen LogP contribution in [-0.2, 0) is 17.8 Å². The maximum Gasteiger partial charge on any atom is 0.240 e. The summed E-state index contributed by atoms with van der Waals surface area (Å²) in [6, 6.07) is 0.0197. The lowest BCUT2D eigenvalue weighted by Gasteiger charge is -2.29. The van der Waals surface area contributed by atoms with Gasteiger partial charge in [0.2, 0.25) is 5.91 Å². The van der Waals surface area contributed by atoms with Crippen molar-refractivity contribution in [3.05, 3.63) is 17.5 Å². The minimum Gasteiger partial charge on any atom is -0.394 e. The molecule has 1 aliphatic carbocycles. The second kappa shape index (κ2) is 5.93. The minimum absolute atomic E-state index is 0.00671. The first kappa shape index (κ1) is 15.0. The van der Waals surface area contributed by atoms with Crippen LogP contribution in [0.5, 0.6) is 0 Å². The molecule has 1 heterocycles. The van der Waals surface area contributed by atoms with Crippen LogP contribution >= 0.6 is 0 Å². The van der Waals surface area contributed by atoms with Crippen molar-refractivity contribution in [1.29, 1.82) is 0 Å². The van der Waals surface area contributed by atoms with Crippen LogP contribution in [0.3, 0.4) is 0 Å². The molecule has 0 aromatic carbocycles. The molecular weight excluding hydrogens is 256 g/mol. The lowest BCUT2D eigenvalue weighted by molar-refractivity contribution is -0.127. The van der Waals surface area contributed by atoms with Gasteiger partial charge in [-0.15, -0.1) is 0 Å². The third-order valence-electron chi connectivity index (χ3n) is 4.07. The lowest BCUT2D eigenvalue weighted by Crippen LogP contribution is -2.52. The fourth-order valence-corrected chi connectivity index (χ4v) is 2.51. The van der Waals surface area contributed by atoms with Gasteiger partial charge >= 0.3 is 0 Å². The summed E-state index contributed by atoms with van der Waals surface area (Å²) < 4.78 is 1.84. The molecule has 0 spiro atoms. The van der Waals surface area contributed by atoms with Gasteiger partial charge in [0.15, 0.2) is 0 Å². The van der Waals surface area contributed by atoms with Crippen molar-refractivity contribution < 1.29 is 9.90 Å². The number of aromatic nitrogens is 2. The molecule has 0 radical (unpaired) electrons. The number of rotatable bonds is 5. The van der Waals surface area contributed by atoms with Crippen LogP contribution in [-0.4, -0.2) is 40.0 Å². The van der Waals surface area contributed by atoms with Crippen molar-refractivity contribution in [3.63, 3.8) is 0 Å². The number of nitrogens with one attached hydrogen (secondary N) is 2. The van der Waals surface area contributed by atoms with E-state index in [0.717, 1.165) is 30.5 Å². The van der Waals surface area contributed by atoms with Crippen LogP contribution in [0.1, 0.15) is 44.0 Å². The number of hydrogen-bond acceptors (Lipinski definition) is 4. The molecule has 1 unspecified atom stereocenters. The molecule has 2 rings (SSSR count). The van der Waals surface area contributed by atoms with Crippen LogP contribution in [0.15, 0.2) is 6.20 Å². The summed E-state index contributed by atoms with van der Waals surface area (Å²) in [6.45, 7) is 4.32. The van der Waals surface area contributed by atoms with Gasteiger partial charge in [-0.25, -0.2) is 0 Å². The predicted octanol–water partition coefficient (Wildman–Crippen LogP) is 0.367. The Balaban J connectivity index is 2.15. The van der Waals surface area contributed by atoms with Crippen molar-refractivity contribution >= 4 is 5.91 Å². The largest absolute Gasteiger partial charge is 0.394 e. The summed E-state index contributed by atoms with van der Waals surface area (Å²) >= 11 is 0. The van der Waals surface area contributed by atoms with E-state index in [1.165, 1.54) is 0 Å². The van der Waals surface area contributed by atoms with Crippen LogP contribution in [0.25, 0.3) is 0 Å². The molecule has 1 aromatic heterocycles. The van der Waals surface area contributed by atoms with E-state index in [1.54, 1.807) is 7.05 Å². The number of carbonyl (C=O) groups is 1. The topological polar surface area (TPSA) is 79.2 Å². The molecule has 0 aliphatic heterocycles. The highest BCUT2D eigenvalue weighted by atomic mass is 16.3. The highest BCUT2D eigenvalue weighted by Gasteiger charge is 2.31. The summed E-state index contributed by atoms with van der Waals surface area (Å²) in [5.74, 6) is -0.00671. The Hall–Kier alpha value is -1.40. The molecule has 6 heteroatoms. The van der Waals surface area contributed by atoms with Crippen LogP contribution < -0.4 is 10.6 Å². The van der Waals surface area contributed by atoms with Gasteiger partial charge in [-0.3, -0.25) is 9.48 Å². The second-order valence-corrected chi connectivity index (χ2v) is 5.79. The summed E-state index contributed by atoms with van der Waals surface area (Å²) in [5.41, 5.74) is 1.64. The fraction of sp³-hybridized carbons (Fsp3) is 0.714. The van der Waals surface area contributed by atoms with E-state index in [2.05, 4.69) is 15.7 Å². The maximum atomic E-state index is 12.3. The molecule has 1 aromatic rings. The monoisotopic (exact) mass is 280 g/mol. The SMILES string of the molecule is CNC(C)(C)C(=O)NC1CCCc2c1cnn2CCO. The fourth-order valence-electron chi connectivity index (χ4n) is 2.51. The van der Waals surface area contributed by atoms with Gasteiger partial charge in [0.25, 0.3) is 0 Å². The average molecular weight is 280 g/mol. The van der Waals surface area contributed by atoms with Crippen molar-refractivity contribution in [2.45, 2.75) is 51.2 Å². The summed E-state index contributed by atoms with van der Waals surface area (Å²) in [5, 5.41) is 19.5. The van der Waals surface area contributed by atoms with Crippen LogP contribution in [0.4, 0.5) is 0 Å². The first-order valence-electron chi connectivity index (χ1n) is 7.15. The Bertz CT molecular complexity index is 482. The Labute approximate surface area is 119 Å². The van der Waals surface area contributed by atoms with Gasteiger partial charge in [0.1, 0.15) is 0 Å². The predicted molar refractivity (Wildman–Crippen MR) is 76.3 cm³/mol. The normalized spacial score (nSPS) is 18.7. The highest BCUT2D eigenvalue weighted by molar-refractivity contribution is 5.85. The van der Waals surface area contributed by atoms with E-state index in [4.69, 9.17) is 5.11 Å². The number of aliphatic hydroxyl groups excluding tert-OH is 1. The molecule has 1 aliphatic rings. The Morgan fingerprint density at radius 3 is 3.00 bits per heavy atom. The van der Waals surface area contributed by atoms with Gasteiger partial charge in [0.05, 0.1) is 30.9 Å². The smallest absolute Gasteiger partial charge is 0.240 e. The van der Waals surface area contributed by atoms with Crippen molar-refractivity contribution in [1.82, 2.24) is 20.4 Å². The van der Waals surface area contributed by atoms with Crippen molar-refractivity contribution in [3.8, 4) is 0 Å². The van der Waals surface area contributed by atoms with Crippen molar-refractivity contribution in [2.75, 3.05) is 13.7 Å². The second-order valence-electron chi connectivity index (χ2n) is 5.79. The summed E-state index contributed by atoms with van der Waals surface area (Å²) in [7, 11) is 1.78. The number of carbonyl (C=O) groups excluding carboxylic acids is 1. The Kier molecular flexibility index (Phi) is 4.45. The van der Waals surface area contributed by atoms with E-state index < -0.39 is 5.54 Å². The molecule has 1 atom stereocenters. The van der Waals surface area contributed by atoms with Gasteiger partial charge in [-0.2, -0.15) is 5.10 Å². The number of fused-ring (bicyclic) bond motifs is 1. The van der Waals surface area contributed by atoms with E-state index in [9.17, 15) is 4.79 Å².